The van der Waals surface area contributed by atoms with Gasteiger partial charge in [-0.15, -0.1) is 0 Å². The highest BCUT2D eigenvalue weighted by atomic mass is 32.2. The van der Waals surface area contributed by atoms with Crippen LogP contribution in [0.1, 0.15) is 39.4 Å². The Kier molecular flexibility index (Phi) is 7.14. The summed E-state index contributed by atoms with van der Waals surface area (Å²) in [5.41, 5.74) is 0.594. The summed E-state index contributed by atoms with van der Waals surface area (Å²) in [6.07, 6.45) is 0.511. The third-order valence-electron chi connectivity index (χ3n) is 4.41. The van der Waals surface area contributed by atoms with Gasteiger partial charge in [-0.25, -0.2) is 17.8 Å². The summed E-state index contributed by atoms with van der Waals surface area (Å²) in [6.45, 7) is 7.58. The summed E-state index contributed by atoms with van der Waals surface area (Å²) in [7, 11) is -1.90. The minimum Gasteiger partial charge on any atom is -0.387 e. The maximum Gasteiger partial charge on any atom is 0.245 e. The van der Waals surface area contributed by atoms with Crippen LogP contribution in [-0.2, 0) is 10.0 Å². The molecule has 0 bridgehead atoms. The second-order valence-corrected chi connectivity index (χ2v) is 9.17. The van der Waals surface area contributed by atoms with E-state index in [0.717, 1.165) is 0 Å². The molecule has 1 atom stereocenters. The van der Waals surface area contributed by atoms with E-state index in [-0.39, 0.29) is 29.3 Å². The number of halogens is 1. The fourth-order valence-corrected chi connectivity index (χ4v) is 4.95. The van der Waals surface area contributed by atoms with Crippen LogP contribution >= 0.6 is 0 Å². The highest BCUT2D eigenvalue weighted by Gasteiger charge is 2.29. The average Bonchev–Trinajstić information content (AvgIpc) is 2.61. The minimum absolute atomic E-state index is 0.131. The zero-order chi connectivity index (χ0) is 21.1. The number of aromatic nitrogens is 1. The molecule has 0 amide bonds. The maximum atomic E-state index is 13.0. The molecule has 0 saturated carbocycles. The molecule has 0 saturated heterocycles. The molecule has 1 unspecified atom stereocenters. The molecule has 154 valence electrons. The van der Waals surface area contributed by atoms with Crippen LogP contribution in [0.25, 0.3) is 0 Å². The third kappa shape index (κ3) is 5.06. The first-order valence-corrected chi connectivity index (χ1v) is 10.6. The van der Waals surface area contributed by atoms with E-state index in [2.05, 4.69) is 4.98 Å². The van der Waals surface area contributed by atoms with Crippen LogP contribution in [0.2, 0.25) is 0 Å². The highest BCUT2D eigenvalue weighted by Crippen LogP contribution is 2.23. The normalized spacial score (nSPS) is 13.4. The SMILES string of the molecule is CC(C)N(C(C)C)S(=O)(=O)c1ccc(N(C)CC(O)c2ccc(F)cc2)nc1. The number of pyridine rings is 1. The Bertz CT molecular complexity index is 861. The number of rotatable bonds is 8. The van der Waals surface area contributed by atoms with Gasteiger partial charge < -0.3 is 10.0 Å². The molecule has 0 radical (unpaired) electrons. The molecule has 2 aromatic rings. The van der Waals surface area contributed by atoms with Crippen molar-refractivity contribution in [1.82, 2.24) is 9.29 Å². The smallest absolute Gasteiger partial charge is 0.245 e. The molecule has 0 spiro atoms. The lowest BCUT2D eigenvalue weighted by molar-refractivity contribution is 0.184. The van der Waals surface area contributed by atoms with Gasteiger partial charge in [0.2, 0.25) is 10.0 Å². The number of benzene rings is 1. The molecule has 0 aliphatic rings. The standard InChI is InChI=1S/C20H28FN3O3S/c1-14(2)24(15(3)4)28(26,27)18-10-11-20(22-12-18)23(5)13-19(25)16-6-8-17(21)9-7-16/h6-12,14-15,19,25H,13H2,1-5H3. The number of likely N-dealkylation sites (N-methyl/N-ethyl adjacent to an activating group) is 1. The summed E-state index contributed by atoms with van der Waals surface area (Å²) in [5.74, 6) is 0.167. The van der Waals surface area contributed by atoms with Gasteiger partial charge in [-0.2, -0.15) is 4.31 Å². The Morgan fingerprint density at radius 1 is 1.04 bits per heavy atom. The average molecular weight is 410 g/mol. The molecular formula is C20H28FN3O3S. The molecule has 0 aliphatic carbocycles. The van der Waals surface area contributed by atoms with Crippen LogP contribution in [-0.4, -0.2) is 48.5 Å². The van der Waals surface area contributed by atoms with Crippen LogP contribution in [0.5, 0.6) is 0 Å². The Hall–Kier alpha value is -2.03. The van der Waals surface area contributed by atoms with Crippen molar-refractivity contribution in [3.8, 4) is 0 Å². The minimum atomic E-state index is -3.64. The molecule has 1 aromatic heterocycles. The summed E-state index contributed by atoms with van der Waals surface area (Å²) in [5, 5.41) is 10.3. The van der Waals surface area contributed by atoms with Crippen molar-refractivity contribution in [2.75, 3.05) is 18.5 Å². The van der Waals surface area contributed by atoms with Gasteiger partial charge in [0.25, 0.3) is 0 Å². The first-order valence-electron chi connectivity index (χ1n) is 9.18. The number of hydrogen-bond acceptors (Lipinski definition) is 5. The van der Waals surface area contributed by atoms with Crippen LogP contribution in [0.15, 0.2) is 47.5 Å². The quantitative estimate of drug-likeness (QED) is 0.725. The molecule has 2 rings (SSSR count). The van der Waals surface area contributed by atoms with Gasteiger partial charge in [-0.3, -0.25) is 0 Å². The first kappa shape index (κ1) is 22.3. The highest BCUT2D eigenvalue weighted by molar-refractivity contribution is 7.89. The van der Waals surface area contributed by atoms with E-state index in [1.807, 2.05) is 27.7 Å². The Morgan fingerprint density at radius 2 is 1.61 bits per heavy atom. The van der Waals surface area contributed by atoms with Gasteiger partial charge in [0.05, 0.1) is 6.10 Å². The van der Waals surface area contributed by atoms with Crippen LogP contribution in [0.4, 0.5) is 10.2 Å². The van der Waals surface area contributed by atoms with Gasteiger partial charge in [0.1, 0.15) is 16.5 Å². The molecular weight excluding hydrogens is 381 g/mol. The lowest BCUT2D eigenvalue weighted by atomic mass is 10.1. The van der Waals surface area contributed by atoms with Crippen LogP contribution in [0.3, 0.4) is 0 Å². The molecule has 0 fully saturated rings. The fourth-order valence-electron chi connectivity index (χ4n) is 3.17. The van der Waals surface area contributed by atoms with Crippen molar-refractivity contribution in [2.24, 2.45) is 0 Å². The first-order chi connectivity index (χ1) is 13.0. The zero-order valence-corrected chi connectivity index (χ0v) is 17.7. The number of aliphatic hydroxyl groups is 1. The van der Waals surface area contributed by atoms with Crippen molar-refractivity contribution >= 4 is 15.8 Å². The van der Waals surface area contributed by atoms with Crippen molar-refractivity contribution in [2.45, 2.75) is 50.8 Å². The number of hydrogen-bond donors (Lipinski definition) is 1. The van der Waals surface area contributed by atoms with Crippen molar-refractivity contribution < 1.29 is 17.9 Å². The van der Waals surface area contributed by atoms with E-state index in [1.165, 1.54) is 40.8 Å². The molecule has 0 aliphatic heterocycles. The summed E-state index contributed by atoms with van der Waals surface area (Å²) in [4.78, 5) is 6.10. The van der Waals surface area contributed by atoms with Crippen LogP contribution < -0.4 is 4.90 Å². The molecule has 1 aromatic carbocycles. The maximum absolute atomic E-state index is 13.0. The van der Waals surface area contributed by atoms with Gasteiger partial charge in [-0.1, -0.05) is 12.1 Å². The molecule has 1 heterocycles. The zero-order valence-electron chi connectivity index (χ0n) is 16.9. The van der Waals surface area contributed by atoms with E-state index in [4.69, 9.17) is 0 Å². The fraction of sp³-hybridized carbons (Fsp3) is 0.450. The van der Waals surface area contributed by atoms with Gasteiger partial charge in [0, 0.05) is 31.9 Å². The van der Waals surface area contributed by atoms with Gasteiger partial charge in [-0.05, 0) is 57.5 Å². The topological polar surface area (TPSA) is 73.7 Å². The number of anilines is 1. The van der Waals surface area contributed by atoms with Crippen molar-refractivity contribution in [1.29, 1.82) is 0 Å². The number of nitrogens with zero attached hydrogens (tertiary/aromatic N) is 3. The van der Waals surface area contributed by atoms with E-state index < -0.39 is 16.1 Å². The van der Waals surface area contributed by atoms with Gasteiger partial charge >= 0.3 is 0 Å². The molecule has 28 heavy (non-hydrogen) atoms. The Balaban J connectivity index is 2.16. The summed E-state index contributed by atoms with van der Waals surface area (Å²) < 4.78 is 40.2. The summed E-state index contributed by atoms with van der Waals surface area (Å²) >= 11 is 0. The van der Waals surface area contributed by atoms with E-state index in [1.54, 1.807) is 18.0 Å². The third-order valence-corrected chi connectivity index (χ3v) is 6.64. The molecule has 8 heteroatoms. The van der Waals surface area contributed by atoms with Crippen molar-refractivity contribution in [3.05, 3.63) is 54.0 Å². The number of aliphatic hydroxyl groups excluding tert-OH is 1. The largest absolute Gasteiger partial charge is 0.387 e. The second kappa shape index (κ2) is 8.98. The second-order valence-electron chi connectivity index (χ2n) is 7.32. The van der Waals surface area contributed by atoms with E-state index >= 15 is 0 Å². The monoisotopic (exact) mass is 409 g/mol. The lowest BCUT2D eigenvalue weighted by Gasteiger charge is -2.29. The van der Waals surface area contributed by atoms with Crippen molar-refractivity contribution in [3.63, 3.8) is 0 Å². The summed E-state index contributed by atoms with van der Waals surface area (Å²) in [6, 6.07) is 8.46. The van der Waals surface area contributed by atoms with Crippen LogP contribution in [0, 0.1) is 5.82 Å². The van der Waals surface area contributed by atoms with E-state index in [0.29, 0.717) is 11.4 Å². The predicted molar refractivity (Wildman–Crippen MR) is 108 cm³/mol. The molecule has 1 N–H and O–H groups in total. The van der Waals surface area contributed by atoms with Gasteiger partial charge in [0.15, 0.2) is 0 Å². The Morgan fingerprint density at radius 3 is 2.07 bits per heavy atom. The lowest BCUT2D eigenvalue weighted by Crippen LogP contribution is -2.42. The van der Waals surface area contributed by atoms with E-state index in [9.17, 15) is 17.9 Å². The predicted octanol–water partition coefficient (Wildman–Crippen LogP) is 3.20. The Labute approximate surface area is 166 Å². The number of sulfonamides is 1. The molecule has 6 nitrogen and oxygen atoms in total.